The fourth-order valence-electron chi connectivity index (χ4n) is 4.29. The minimum absolute atomic E-state index is 0.182. The SMILES string of the molecule is CCc1c(CO[PH](=O)OCc2ccc(C(F)(F)F)c(CC)c2CC)ccc(C(F)(F)F)c1CC. The number of hydrogen-bond acceptors (Lipinski definition) is 3. The fraction of sp³-hybridized carbons (Fsp3) is 0.500. The van der Waals surface area contributed by atoms with Gasteiger partial charge in [-0.25, -0.2) is 0 Å². The van der Waals surface area contributed by atoms with Gasteiger partial charge in [-0.2, -0.15) is 26.3 Å². The van der Waals surface area contributed by atoms with Gasteiger partial charge in [0.05, 0.1) is 24.3 Å². The summed E-state index contributed by atoms with van der Waals surface area (Å²) in [6.07, 6.45) is -7.88. The monoisotopic (exact) mass is 510 g/mol. The lowest BCUT2D eigenvalue weighted by molar-refractivity contribution is -0.139. The highest BCUT2D eigenvalue weighted by molar-refractivity contribution is 7.33. The third kappa shape index (κ3) is 6.64. The Hall–Kier alpha value is -1.83. The standard InChI is InChI=1S/C24H29F6O3P/c1-5-17-15(9-11-21(19(17)7-3)23(25,26)27)13-32-34(31)33-14-16-10-12-22(24(28,29)30)20(8-4)18(16)6-2/h9-12,34H,5-8,13-14H2,1-4H3. The summed E-state index contributed by atoms with van der Waals surface area (Å²) in [5.41, 5.74) is 0.952. The van der Waals surface area contributed by atoms with Crippen molar-refractivity contribution in [3.05, 3.63) is 68.8 Å². The van der Waals surface area contributed by atoms with Crippen molar-refractivity contribution in [1.82, 2.24) is 0 Å². The molecular weight excluding hydrogens is 481 g/mol. The number of alkyl halides is 6. The van der Waals surface area contributed by atoms with Crippen LogP contribution >= 0.6 is 8.25 Å². The summed E-state index contributed by atoms with van der Waals surface area (Å²) in [5.74, 6) is 0. The first kappa shape index (κ1) is 28.4. The van der Waals surface area contributed by atoms with Crippen molar-refractivity contribution in [2.24, 2.45) is 0 Å². The van der Waals surface area contributed by atoms with Crippen LogP contribution in [0.25, 0.3) is 0 Å². The van der Waals surface area contributed by atoms with E-state index in [0.29, 0.717) is 35.1 Å². The average molecular weight is 510 g/mol. The lowest BCUT2D eigenvalue weighted by Crippen LogP contribution is -2.13. The highest BCUT2D eigenvalue weighted by Gasteiger charge is 2.35. The van der Waals surface area contributed by atoms with Crippen LogP contribution in [0.3, 0.4) is 0 Å². The summed E-state index contributed by atoms with van der Waals surface area (Å²) in [6.45, 7) is 6.36. The van der Waals surface area contributed by atoms with Gasteiger partial charge in [-0.3, -0.25) is 4.57 Å². The Labute approximate surface area is 196 Å². The van der Waals surface area contributed by atoms with Crippen LogP contribution in [0.4, 0.5) is 26.3 Å². The lowest BCUT2D eigenvalue weighted by Gasteiger charge is -2.19. The second-order valence-electron chi connectivity index (χ2n) is 7.70. The van der Waals surface area contributed by atoms with Gasteiger partial charge in [-0.1, -0.05) is 39.8 Å². The number of benzene rings is 2. The molecule has 34 heavy (non-hydrogen) atoms. The molecule has 2 aromatic rings. The molecule has 0 aliphatic heterocycles. The molecule has 0 bridgehead atoms. The van der Waals surface area contributed by atoms with Gasteiger partial charge in [0.1, 0.15) is 0 Å². The Balaban J connectivity index is 2.15. The summed E-state index contributed by atoms with van der Waals surface area (Å²) < 4.78 is 103. The molecule has 0 amide bonds. The van der Waals surface area contributed by atoms with E-state index in [1.54, 1.807) is 27.7 Å². The van der Waals surface area contributed by atoms with Crippen molar-refractivity contribution >= 4 is 8.25 Å². The minimum atomic E-state index is -4.47. The Morgan fingerprint density at radius 2 is 0.941 bits per heavy atom. The third-order valence-corrected chi connectivity index (χ3v) is 6.53. The molecule has 0 fully saturated rings. The molecule has 0 aliphatic carbocycles. The molecule has 10 heteroatoms. The fourth-order valence-corrected chi connectivity index (χ4v) is 4.92. The quantitative estimate of drug-likeness (QED) is 0.239. The Kier molecular flexibility index (Phi) is 9.80. The van der Waals surface area contributed by atoms with E-state index in [4.69, 9.17) is 9.05 Å². The lowest BCUT2D eigenvalue weighted by atomic mass is 9.92. The summed E-state index contributed by atoms with van der Waals surface area (Å²) in [4.78, 5) is 0. The van der Waals surface area contributed by atoms with Crippen molar-refractivity contribution in [2.45, 2.75) is 78.9 Å². The maximum absolute atomic E-state index is 13.3. The van der Waals surface area contributed by atoms with Crippen molar-refractivity contribution in [1.29, 1.82) is 0 Å². The van der Waals surface area contributed by atoms with Crippen LogP contribution in [0.1, 0.15) is 72.2 Å². The maximum Gasteiger partial charge on any atom is 0.416 e. The van der Waals surface area contributed by atoms with Gasteiger partial charge in [0.25, 0.3) is 0 Å². The molecule has 0 saturated heterocycles. The number of rotatable bonds is 10. The topological polar surface area (TPSA) is 35.5 Å². The second-order valence-corrected chi connectivity index (χ2v) is 8.77. The van der Waals surface area contributed by atoms with E-state index in [1.165, 1.54) is 12.1 Å². The molecule has 0 unspecified atom stereocenters. The van der Waals surface area contributed by atoms with Gasteiger partial charge in [0, 0.05) is 0 Å². The van der Waals surface area contributed by atoms with Crippen molar-refractivity contribution in [3.63, 3.8) is 0 Å². The molecule has 3 nitrogen and oxygen atoms in total. The summed E-state index contributed by atoms with van der Waals surface area (Å²) in [7, 11) is -3.04. The second kappa shape index (κ2) is 11.7. The first-order valence-electron chi connectivity index (χ1n) is 11.1. The van der Waals surface area contributed by atoms with Crippen LogP contribution < -0.4 is 0 Å². The first-order valence-corrected chi connectivity index (χ1v) is 12.3. The van der Waals surface area contributed by atoms with Crippen molar-refractivity contribution < 1.29 is 40.0 Å². The average Bonchev–Trinajstić information content (AvgIpc) is 2.78. The van der Waals surface area contributed by atoms with E-state index in [1.807, 2.05) is 0 Å². The van der Waals surface area contributed by atoms with Crippen LogP contribution in [0.15, 0.2) is 24.3 Å². The Morgan fingerprint density at radius 1 is 0.618 bits per heavy atom. The molecule has 2 aromatic carbocycles. The molecule has 0 atom stereocenters. The van der Waals surface area contributed by atoms with E-state index < -0.39 is 31.7 Å². The highest BCUT2D eigenvalue weighted by atomic mass is 31.1. The molecule has 0 N–H and O–H groups in total. The zero-order chi connectivity index (χ0) is 25.7. The van der Waals surface area contributed by atoms with Crippen LogP contribution in [0, 0.1) is 0 Å². The normalized spacial score (nSPS) is 12.6. The molecule has 0 radical (unpaired) electrons. The maximum atomic E-state index is 13.3. The van der Waals surface area contributed by atoms with E-state index in [0.717, 1.165) is 12.1 Å². The zero-order valence-electron chi connectivity index (χ0n) is 19.5. The van der Waals surface area contributed by atoms with E-state index in [9.17, 15) is 30.9 Å². The number of hydrogen-bond donors (Lipinski definition) is 0. The van der Waals surface area contributed by atoms with Crippen LogP contribution in [0.2, 0.25) is 0 Å². The highest BCUT2D eigenvalue weighted by Crippen LogP contribution is 2.38. The molecule has 0 aromatic heterocycles. The molecule has 0 aliphatic rings. The molecule has 2 rings (SSSR count). The molecular formula is C24H29F6O3P. The summed E-state index contributed by atoms with van der Waals surface area (Å²) in [5, 5.41) is 0. The zero-order valence-corrected chi connectivity index (χ0v) is 20.5. The van der Waals surface area contributed by atoms with Gasteiger partial charge in [-0.15, -0.1) is 0 Å². The van der Waals surface area contributed by atoms with Crippen molar-refractivity contribution in [3.8, 4) is 0 Å². The largest absolute Gasteiger partial charge is 0.416 e. The predicted octanol–water partition coefficient (Wildman–Crippen LogP) is 8.10. The van der Waals surface area contributed by atoms with Gasteiger partial charge >= 0.3 is 20.6 Å². The Bertz CT molecular complexity index is 936. The minimum Gasteiger partial charge on any atom is -0.306 e. The van der Waals surface area contributed by atoms with Gasteiger partial charge in [0.15, 0.2) is 0 Å². The van der Waals surface area contributed by atoms with Gasteiger partial charge in [-0.05, 0) is 71.2 Å². The summed E-state index contributed by atoms with van der Waals surface area (Å²) in [6, 6.07) is 4.62. The van der Waals surface area contributed by atoms with Crippen LogP contribution in [-0.4, -0.2) is 0 Å². The summed E-state index contributed by atoms with van der Waals surface area (Å²) >= 11 is 0. The van der Waals surface area contributed by atoms with Gasteiger partial charge in [0.2, 0.25) is 0 Å². The van der Waals surface area contributed by atoms with Crippen LogP contribution in [0.5, 0.6) is 0 Å². The van der Waals surface area contributed by atoms with E-state index in [2.05, 4.69) is 0 Å². The predicted molar refractivity (Wildman–Crippen MR) is 119 cm³/mol. The van der Waals surface area contributed by atoms with Crippen LogP contribution in [-0.2, 0) is 64.9 Å². The molecule has 0 saturated carbocycles. The smallest absolute Gasteiger partial charge is 0.306 e. The van der Waals surface area contributed by atoms with Gasteiger partial charge < -0.3 is 9.05 Å². The van der Waals surface area contributed by atoms with E-state index in [-0.39, 0.29) is 37.2 Å². The first-order chi connectivity index (χ1) is 15.9. The third-order valence-electron chi connectivity index (χ3n) is 5.77. The number of halogens is 6. The van der Waals surface area contributed by atoms with Crippen molar-refractivity contribution in [2.75, 3.05) is 0 Å². The molecule has 0 spiro atoms. The Morgan fingerprint density at radius 3 is 1.21 bits per heavy atom. The molecule has 0 heterocycles. The van der Waals surface area contributed by atoms with E-state index >= 15 is 0 Å². The molecule has 190 valence electrons.